The van der Waals surface area contributed by atoms with E-state index in [1.165, 1.54) is 0 Å². The fourth-order valence-corrected chi connectivity index (χ4v) is 2.29. The van der Waals surface area contributed by atoms with E-state index in [1.54, 1.807) is 32.0 Å². The Kier molecular flexibility index (Phi) is 4.54. The molecule has 2 amide bonds. The van der Waals surface area contributed by atoms with Crippen molar-refractivity contribution in [1.29, 1.82) is 0 Å². The summed E-state index contributed by atoms with van der Waals surface area (Å²) < 4.78 is 0. The largest absolute Gasteiger partial charge is 0.388 e. The molecular formula is C15H19ClN2O3. The zero-order chi connectivity index (χ0) is 15.6. The molecule has 1 fully saturated rings. The molecule has 1 aromatic rings. The molecule has 1 aliphatic carbocycles. The van der Waals surface area contributed by atoms with Crippen LogP contribution in [0.15, 0.2) is 18.2 Å². The molecule has 1 aromatic carbocycles. The summed E-state index contributed by atoms with van der Waals surface area (Å²) in [6.07, 6.45) is 1.91. The van der Waals surface area contributed by atoms with Crippen molar-refractivity contribution in [1.82, 2.24) is 5.32 Å². The minimum Gasteiger partial charge on any atom is -0.388 e. The van der Waals surface area contributed by atoms with Crippen LogP contribution in [0.5, 0.6) is 0 Å². The fraction of sp³-hybridized carbons (Fsp3) is 0.467. The first kappa shape index (κ1) is 15.8. The van der Waals surface area contributed by atoms with Crippen molar-refractivity contribution in [2.24, 2.45) is 5.92 Å². The highest BCUT2D eigenvalue weighted by molar-refractivity contribution is 6.40. The van der Waals surface area contributed by atoms with Gasteiger partial charge in [-0.05, 0) is 50.3 Å². The van der Waals surface area contributed by atoms with Crippen molar-refractivity contribution in [3.8, 4) is 0 Å². The Bertz CT molecular complexity index is 568. The van der Waals surface area contributed by atoms with Gasteiger partial charge in [-0.1, -0.05) is 17.7 Å². The summed E-state index contributed by atoms with van der Waals surface area (Å²) in [5, 5.41) is 15.6. The molecule has 0 spiro atoms. The third-order valence-electron chi connectivity index (χ3n) is 3.79. The van der Waals surface area contributed by atoms with Crippen molar-refractivity contribution < 1.29 is 14.7 Å². The molecule has 3 N–H and O–H groups in total. The van der Waals surface area contributed by atoms with E-state index in [-0.39, 0.29) is 12.5 Å². The van der Waals surface area contributed by atoms with Crippen molar-refractivity contribution >= 4 is 29.1 Å². The number of hydrogen-bond acceptors (Lipinski definition) is 3. The first-order valence-electron chi connectivity index (χ1n) is 6.88. The first-order valence-corrected chi connectivity index (χ1v) is 7.26. The van der Waals surface area contributed by atoms with Gasteiger partial charge in [-0.2, -0.15) is 0 Å². The monoisotopic (exact) mass is 310 g/mol. The third kappa shape index (κ3) is 3.95. The average Bonchev–Trinajstić information content (AvgIpc) is 3.26. The van der Waals surface area contributed by atoms with Crippen LogP contribution in [0, 0.1) is 12.8 Å². The lowest BCUT2D eigenvalue weighted by Gasteiger charge is -2.23. The van der Waals surface area contributed by atoms with E-state index >= 15 is 0 Å². The Morgan fingerprint density at radius 3 is 2.67 bits per heavy atom. The molecule has 1 unspecified atom stereocenters. The topological polar surface area (TPSA) is 78.4 Å². The molecule has 0 aliphatic heterocycles. The van der Waals surface area contributed by atoms with Crippen LogP contribution in [0.1, 0.15) is 25.3 Å². The third-order valence-corrected chi connectivity index (χ3v) is 4.20. The Balaban J connectivity index is 1.90. The van der Waals surface area contributed by atoms with E-state index in [4.69, 9.17) is 11.6 Å². The van der Waals surface area contributed by atoms with Crippen molar-refractivity contribution in [3.63, 3.8) is 0 Å². The van der Waals surface area contributed by atoms with E-state index in [0.717, 1.165) is 12.8 Å². The number of benzene rings is 1. The van der Waals surface area contributed by atoms with Gasteiger partial charge in [-0.3, -0.25) is 9.59 Å². The summed E-state index contributed by atoms with van der Waals surface area (Å²) in [7, 11) is 0. The second kappa shape index (κ2) is 6.03. The Labute approximate surface area is 128 Å². The number of carbonyl (C=O) groups excluding carboxylic acids is 2. The van der Waals surface area contributed by atoms with Crippen LogP contribution in [0.25, 0.3) is 0 Å². The van der Waals surface area contributed by atoms with E-state index in [9.17, 15) is 14.7 Å². The Morgan fingerprint density at radius 2 is 2.05 bits per heavy atom. The summed E-state index contributed by atoms with van der Waals surface area (Å²) in [5.41, 5.74) is 0.240. The summed E-state index contributed by atoms with van der Waals surface area (Å²) in [4.78, 5) is 23.6. The van der Waals surface area contributed by atoms with Gasteiger partial charge in [0, 0.05) is 17.3 Å². The zero-order valence-corrected chi connectivity index (χ0v) is 12.8. The van der Waals surface area contributed by atoms with Gasteiger partial charge in [0.15, 0.2) is 0 Å². The van der Waals surface area contributed by atoms with Crippen molar-refractivity contribution in [2.75, 3.05) is 11.9 Å². The van der Waals surface area contributed by atoms with E-state index in [1.807, 2.05) is 0 Å². The first-order chi connectivity index (χ1) is 9.81. The fourth-order valence-electron chi connectivity index (χ4n) is 2.11. The highest BCUT2D eigenvalue weighted by Gasteiger charge is 2.40. The van der Waals surface area contributed by atoms with Gasteiger partial charge in [0.25, 0.3) is 0 Å². The summed E-state index contributed by atoms with van der Waals surface area (Å²) in [6.45, 7) is 3.50. The van der Waals surface area contributed by atoms with Crippen LogP contribution in [0.3, 0.4) is 0 Å². The lowest BCUT2D eigenvalue weighted by atomic mass is 10.0. The predicted molar refractivity (Wildman–Crippen MR) is 81.2 cm³/mol. The standard InChI is InChI=1S/C15H19ClN2O3/c1-9-11(16)4-3-5-12(9)18-14(20)13(19)17-8-15(2,21)10-6-7-10/h3-5,10,21H,6-8H2,1-2H3,(H,17,19)(H,18,20). The van der Waals surface area contributed by atoms with Crippen molar-refractivity contribution in [2.45, 2.75) is 32.3 Å². The van der Waals surface area contributed by atoms with Gasteiger partial charge in [0.05, 0.1) is 5.60 Å². The number of rotatable bonds is 4. The van der Waals surface area contributed by atoms with E-state index in [2.05, 4.69) is 10.6 Å². The highest BCUT2D eigenvalue weighted by Crippen LogP contribution is 2.38. The maximum atomic E-state index is 11.8. The maximum Gasteiger partial charge on any atom is 0.313 e. The number of hydrogen-bond donors (Lipinski definition) is 3. The van der Waals surface area contributed by atoms with Gasteiger partial charge in [0.1, 0.15) is 0 Å². The van der Waals surface area contributed by atoms with E-state index < -0.39 is 17.4 Å². The zero-order valence-electron chi connectivity index (χ0n) is 12.1. The molecule has 1 aliphatic rings. The predicted octanol–water partition coefficient (Wildman–Crippen LogP) is 1.86. The molecule has 2 rings (SSSR count). The van der Waals surface area contributed by atoms with Crippen LogP contribution in [0.2, 0.25) is 5.02 Å². The number of carbonyl (C=O) groups is 2. The molecule has 5 nitrogen and oxygen atoms in total. The lowest BCUT2D eigenvalue weighted by molar-refractivity contribution is -0.136. The molecule has 6 heteroatoms. The van der Waals surface area contributed by atoms with Crippen LogP contribution < -0.4 is 10.6 Å². The molecule has 114 valence electrons. The second-order valence-electron chi connectivity index (χ2n) is 5.68. The van der Waals surface area contributed by atoms with Gasteiger partial charge in [-0.25, -0.2) is 0 Å². The number of halogens is 1. The van der Waals surface area contributed by atoms with Gasteiger partial charge >= 0.3 is 11.8 Å². The summed E-state index contributed by atoms with van der Waals surface area (Å²) >= 11 is 5.95. The van der Waals surface area contributed by atoms with Crippen LogP contribution in [-0.2, 0) is 9.59 Å². The molecule has 21 heavy (non-hydrogen) atoms. The van der Waals surface area contributed by atoms with Gasteiger partial charge in [-0.15, -0.1) is 0 Å². The molecule has 0 heterocycles. The maximum absolute atomic E-state index is 11.8. The van der Waals surface area contributed by atoms with Crippen LogP contribution >= 0.6 is 11.6 Å². The normalized spacial score (nSPS) is 17.0. The SMILES string of the molecule is Cc1c(Cl)cccc1NC(=O)C(=O)NCC(C)(O)C1CC1. The average molecular weight is 311 g/mol. The smallest absolute Gasteiger partial charge is 0.313 e. The number of anilines is 1. The molecule has 1 atom stereocenters. The Morgan fingerprint density at radius 1 is 1.38 bits per heavy atom. The number of nitrogens with one attached hydrogen (secondary N) is 2. The summed E-state index contributed by atoms with van der Waals surface area (Å²) in [6, 6.07) is 5.08. The lowest BCUT2D eigenvalue weighted by Crippen LogP contribution is -2.45. The number of aliphatic hydroxyl groups is 1. The minimum atomic E-state index is -0.956. The molecule has 0 bridgehead atoms. The van der Waals surface area contributed by atoms with Crippen molar-refractivity contribution in [3.05, 3.63) is 28.8 Å². The van der Waals surface area contributed by atoms with Crippen LogP contribution in [0.4, 0.5) is 5.69 Å². The van der Waals surface area contributed by atoms with Gasteiger partial charge < -0.3 is 15.7 Å². The van der Waals surface area contributed by atoms with Crippen LogP contribution in [-0.4, -0.2) is 29.1 Å². The van der Waals surface area contributed by atoms with Gasteiger partial charge in [0.2, 0.25) is 0 Å². The quantitative estimate of drug-likeness (QED) is 0.743. The molecule has 0 radical (unpaired) electrons. The highest BCUT2D eigenvalue weighted by atomic mass is 35.5. The molecule has 0 aromatic heterocycles. The Hall–Kier alpha value is -1.59. The van der Waals surface area contributed by atoms with E-state index in [0.29, 0.717) is 16.3 Å². The summed E-state index contributed by atoms with van der Waals surface area (Å²) in [5.74, 6) is -1.33. The number of amides is 2. The molecular weight excluding hydrogens is 292 g/mol. The molecule has 1 saturated carbocycles. The molecule has 0 saturated heterocycles. The minimum absolute atomic E-state index is 0.0679. The second-order valence-corrected chi connectivity index (χ2v) is 6.09.